The molecule has 0 saturated carbocycles. The molecule has 0 radical (unpaired) electrons. The lowest BCUT2D eigenvalue weighted by Crippen LogP contribution is -2.30. The zero-order chi connectivity index (χ0) is 17.9. The van der Waals surface area contributed by atoms with Crippen LogP contribution in [0.4, 0.5) is 0 Å². The van der Waals surface area contributed by atoms with E-state index in [9.17, 15) is 8.42 Å². The minimum Gasteiger partial charge on any atom is -0.496 e. The van der Waals surface area contributed by atoms with Crippen LogP contribution in [0.25, 0.3) is 0 Å². The van der Waals surface area contributed by atoms with Gasteiger partial charge in [-0.15, -0.1) is 0 Å². The number of hydrogen-bond donors (Lipinski definition) is 0. The summed E-state index contributed by atoms with van der Waals surface area (Å²) < 4.78 is 38.6. The Morgan fingerprint density at radius 3 is 2.84 bits per heavy atom. The van der Waals surface area contributed by atoms with Crippen LogP contribution in [-0.2, 0) is 21.4 Å². The highest BCUT2D eigenvalue weighted by Gasteiger charge is 2.33. The molecule has 2 heterocycles. The number of nitrogens with zero attached hydrogens (tertiary/aromatic N) is 2. The first kappa shape index (κ1) is 18.3. The van der Waals surface area contributed by atoms with Crippen molar-refractivity contribution in [2.24, 2.45) is 0 Å². The van der Waals surface area contributed by atoms with E-state index >= 15 is 0 Å². The van der Waals surface area contributed by atoms with Crippen LogP contribution in [0.15, 0.2) is 52.0 Å². The lowest BCUT2D eigenvalue weighted by molar-refractivity contribution is 0.0489. The predicted octanol–water partition coefficient (Wildman–Crippen LogP) is 2.83. The van der Waals surface area contributed by atoms with Crippen LogP contribution in [0.5, 0.6) is 5.75 Å². The van der Waals surface area contributed by atoms with Gasteiger partial charge in [0, 0.05) is 19.3 Å². The van der Waals surface area contributed by atoms with Gasteiger partial charge in [0.2, 0.25) is 10.0 Å². The second-order valence-electron chi connectivity index (χ2n) is 5.70. The van der Waals surface area contributed by atoms with Crippen molar-refractivity contribution in [3.05, 3.63) is 52.8 Å². The number of pyridine rings is 1. The molecule has 0 bridgehead atoms. The van der Waals surface area contributed by atoms with Crippen molar-refractivity contribution in [1.82, 2.24) is 9.29 Å². The van der Waals surface area contributed by atoms with E-state index in [2.05, 4.69) is 20.9 Å². The summed E-state index contributed by atoms with van der Waals surface area (Å²) in [6.45, 7) is 1.17. The first-order valence-electron chi connectivity index (χ1n) is 7.86. The maximum atomic E-state index is 12.8. The van der Waals surface area contributed by atoms with Crippen LogP contribution in [-0.4, -0.2) is 44.0 Å². The average molecular weight is 427 g/mol. The molecule has 8 heteroatoms. The van der Waals surface area contributed by atoms with Gasteiger partial charge in [-0.3, -0.25) is 4.98 Å². The average Bonchev–Trinajstić information content (AvgIpc) is 3.10. The molecule has 1 saturated heterocycles. The Bertz CT molecular complexity index is 830. The molecule has 0 aliphatic carbocycles. The molecule has 6 nitrogen and oxygen atoms in total. The van der Waals surface area contributed by atoms with Crippen LogP contribution in [0.2, 0.25) is 0 Å². The van der Waals surface area contributed by atoms with Gasteiger partial charge in [-0.1, -0.05) is 6.07 Å². The molecule has 0 amide bonds. The van der Waals surface area contributed by atoms with E-state index in [1.807, 2.05) is 18.2 Å². The van der Waals surface area contributed by atoms with Gasteiger partial charge in [-0.25, -0.2) is 8.42 Å². The summed E-state index contributed by atoms with van der Waals surface area (Å²) in [4.78, 5) is 4.45. The zero-order valence-corrected chi connectivity index (χ0v) is 16.2. The summed E-state index contributed by atoms with van der Waals surface area (Å²) in [5, 5.41) is 0. The third-order valence-corrected chi connectivity index (χ3v) is 6.54. The van der Waals surface area contributed by atoms with Crippen LogP contribution in [0.3, 0.4) is 0 Å². The van der Waals surface area contributed by atoms with Crippen molar-refractivity contribution >= 4 is 26.0 Å². The van der Waals surface area contributed by atoms with Crippen LogP contribution < -0.4 is 4.74 Å². The normalized spacial score (nSPS) is 18.4. The van der Waals surface area contributed by atoms with E-state index in [0.29, 0.717) is 36.3 Å². The van der Waals surface area contributed by atoms with Gasteiger partial charge in [0.1, 0.15) is 5.75 Å². The van der Waals surface area contributed by atoms with Crippen molar-refractivity contribution in [3.63, 3.8) is 0 Å². The largest absolute Gasteiger partial charge is 0.496 e. The third kappa shape index (κ3) is 4.20. The fourth-order valence-electron chi connectivity index (χ4n) is 2.70. The molecule has 0 spiro atoms. The highest BCUT2D eigenvalue weighted by molar-refractivity contribution is 9.10. The minimum atomic E-state index is -3.55. The Morgan fingerprint density at radius 1 is 1.32 bits per heavy atom. The van der Waals surface area contributed by atoms with Gasteiger partial charge < -0.3 is 9.47 Å². The summed E-state index contributed by atoms with van der Waals surface area (Å²) in [6, 6.07) is 10.4. The first-order valence-corrected chi connectivity index (χ1v) is 10.1. The summed E-state index contributed by atoms with van der Waals surface area (Å²) in [5.74, 6) is 0.594. The Morgan fingerprint density at radius 2 is 2.16 bits per heavy atom. The summed E-state index contributed by atoms with van der Waals surface area (Å²) in [5.41, 5.74) is 0.836. The van der Waals surface area contributed by atoms with E-state index < -0.39 is 10.0 Å². The highest BCUT2D eigenvalue weighted by atomic mass is 79.9. The van der Waals surface area contributed by atoms with E-state index in [1.165, 1.54) is 11.4 Å². The van der Waals surface area contributed by atoms with Crippen molar-refractivity contribution in [2.45, 2.75) is 24.0 Å². The second-order valence-corrected chi connectivity index (χ2v) is 8.49. The monoisotopic (exact) mass is 426 g/mol. The number of hydrogen-bond acceptors (Lipinski definition) is 5. The van der Waals surface area contributed by atoms with Crippen LogP contribution >= 0.6 is 15.9 Å². The molecule has 1 aromatic carbocycles. The number of sulfonamides is 1. The van der Waals surface area contributed by atoms with Crippen molar-refractivity contribution in [2.75, 3.05) is 20.2 Å². The molecular formula is C17H19BrN2O4S. The Balaban J connectivity index is 1.65. The van der Waals surface area contributed by atoms with Gasteiger partial charge in [0.25, 0.3) is 0 Å². The molecule has 1 fully saturated rings. The van der Waals surface area contributed by atoms with E-state index in [0.717, 1.165) is 5.69 Å². The molecule has 1 atom stereocenters. The van der Waals surface area contributed by atoms with Gasteiger partial charge >= 0.3 is 0 Å². The zero-order valence-electron chi connectivity index (χ0n) is 13.8. The molecule has 25 heavy (non-hydrogen) atoms. The first-order chi connectivity index (χ1) is 12.0. The number of methoxy groups -OCH3 is 1. The fourth-order valence-corrected chi connectivity index (χ4v) is 4.90. The maximum Gasteiger partial charge on any atom is 0.243 e. The topological polar surface area (TPSA) is 68.7 Å². The lowest BCUT2D eigenvalue weighted by atomic mass is 10.3. The molecule has 1 aliphatic heterocycles. The standard InChI is InChI=1S/C17H19BrN2O4S/c1-23-17-6-5-15(10-16(17)18)25(21,22)20-9-7-14(11-20)24-12-13-4-2-3-8-19-13/h2-6,8,10,14H,7,9,11-12H2,1H3/t14-/m1/s1. The quantitative estimate of drug-likeness (QED) is 0.709. The van der Waals surface area contributed by atoms with Gasteiger partial charge in [-0.05, 0) is 52.7 Å². The summed E-state index contributed by atoms with van der Waals surface area (Å²) in [7, 11) is -2.01. The van der Waals surface area contributed by atoms with Crippen molar-refractivity contribution in [3.8, 4) is 5.75 Å². The number of halogens is 1. The second kappa shape index (κ2) is 7.82. The summed E-state index contributed by atoms with van der Waals surface area (Å²) in [6.07, 6.45) is 2.26. The number of aromatic nitrogens is 1. The molecule has 1 aliphatic rings. The third-order valence-electron chi connectivity index (χ3n) is 4.06. The number of rotatable bonds is 6. The van der Waals surface area contributed by atoms with Gasteiger partial charge in [-0.2, -0.15) is 4.31 Å². The van der Waals surface area contributed by atoms with Crippen LogP contribution in [0, 0.1) is 0 Å². The van der Waals surface area contributed by atoms with Gasteiger partial charge in [0.15, 0.2) is 0 Å². The maximum absolute atomic E-state index is 12.8. The lowest BCUT2D eigenvalue weighted by Gasteiger charge is -2.17. The Hall–Kier alpha value is -1.48. The predicted molar refractivity (Wildman–Crippen MR) is 96.9 cm³/mol. The molecule has 134 valence electrons. The fraction of sp³-hybridized carbons (Fsp3) is 0.353. The number of ether oxygens (including phenoxy) is 2. The SMILES string of the molecule is COc1ccc(S(=O)(=O)N2CC[C@@H](OCc3ccccn3)C2)cc1Br. The van der Waals surface area contributed by atoms with E-state index in [1.54, 1.807) is 24.4 Å². The van der Waals surface area contributed by atoms with Crippen LogP contribution in [0.1, 0.15) is 12.1 Å². The smallest absolute Gasteiger partial charge is 0.243 e. The highest BCUT2D eigenvalue weighted by Crippen LogP contribution is 2.30. The minimum absolute atomic E-state index is 0.126. The van der Waals surface area contributed by atoms with Gasteiger partial charge in [0.05, 0.1) is 34.9 Å². The van der Waals surface area contributed by atoms with Crippen molar-refractivity contribution < 1.29 is 17.9 Å². The summed E-state index contributed by atoms with van der Waals surface area (Å²) >= 11 is 3.33. The number of benzene rings is 1. The molecular weight excluding hydrogens is 408 g/mol. The van der Waals surface area contributed by atoms with E-state index in [-0.39, 0.29) is 11.0 Å². The van der Waals surface area contributed by atoms with E-state index in [4.69, 9.17) is 9.47 Å². The van der Waals surface area contributed by atoms with Crippen molar-refractivity contribution in [1.29, 1.82) is 0 Å². The Labute approximate surface area is 156 Å². The Kier molecular flexibility index (Phi) is 5.73. The molecule has 2 aromatic rings. The molecule has 3 rings (SSSR count). The molecule has 0 unspecified atom stereocenters. The molecule has 1 aromatic heterocycles. The molecule has 0 N–H and O–H groups in total.